The van der Waals surface area contributed by atoms with E-state index in [4.69, 9.17) is 0 Å². The molecule has 1 amide bonds. The maximum Gasteiger partial charge on any atom is 0.226 e. The summed E-state index contributed by atoms with van der Waals surface area (Å²) < 4.78 is 2.24. The maximum atomic E-state index is 12.9. The van der Waals surface area contributed by atoms with Crippen molar-refractivity contribution in [3.63, 3.8) is 0 Å². The molecule has 27 heavy (non-hydrogen) atoms. The molecule has 0 N–H and O–H groups in total. The summed E-state index contributed by atoms with van der Waals surface area (Å²) in [5, 5.41) is 0. The van der Waals surface area contributed by atoms with Crippen LogP contribution in [0.1, 0.15) is 43.0 Å². The van der Waals surface area contributed by atoms with Crippen LogP contribution in [0.15, 0.2) is 36.9 Å². The molecule has 0 bridgehead atoms. The van der Waals surface area contributed by atoms with E-state index in [0.29, 0.717) is 11.8 Å². The Hall–Kier alpha value is -2.21. The van der Waals surface area contributed by atoms with Crippen LogP contribution in [0.2, 0.25) is 0 Å². The van der Waals surface area contributed by atoms with Crippen molar-refractivity contribution in [1.29, 1.82) is 0 Å². The van der Waals surface area contributed by atoms with Gasteiger partial charge in [0, 0.05) is 56.9 Å². The van der Waals surface area contributed by atoms with Crippen LogP contribution in [-0.4, -0.2) is 63.5 Å². The lowest BCUT2D eigenvalue weighted by Crippen LogP contribution is -2.46. The van der Waals surface area contributed by atoms with E-state index in [1.165, 1.54) is 5.56 Å². The number of piperidine rings is 2. The Balaban J connectivity index is 1.36. The van der Waals surface area contributed by atoms with Crippen LogP contribution in [0.4, 0.5) is 0 Å². The highest BCUT2D eigenvalue weighted by atomic mass is 16.2. The summed E-state index contributed by atoms with van der Waals surface area (Å²) >= 11 is 0. The highest BCUT2D eigenvalue weighted by Crippen LogP contribution is 2.29. The van der Waals surface area contributed by atoms with E-state index >= 15 is 0 Å². The fourth-order valence-corrected chi connectivity index (χ4v) is 4.48. The van der Waals surface area contributed by atoms with E-state index in [1.807, 2.05) is 30.7 Å². The predicted octanol–water partition coefficient (Wildman–Crippen LogP) is 2.37. The molecule has 2 aromatic rings. The van der Waals surface area contributed by atoms with Crippen molar-refractivity contribution in [3.05, 3.63) is 48.3 Å². The summed E-state index contributed by atoms with van der Waals surface area (Å²) in [5.74, 6) is 2.13. The van der Waals surface area contributed by atoms with Gasteiger partial charge >= 0.3 is 0 Å². The first kappa shape index (κ1) is 18.2. The Morgan fingerprint density at radius 3 is 2.63 bits per heavy atom. The lowest BCUT2D eigenvalue weighted by Gasteiger charge is -2.36. The van der Waals surface area contributed by atoms with E-state index in [-0.39, 0.29) is 5.92 Å². The minimum absolute atomic E-state index is 0.189. The summed E-state index contributed by atoms with van der Waals surface area (Å²) in [5.41, 5.74) is 1.23. The van der Waals surface area contributed by atoms with Gasteiger partial charge < -0.3 is 14.4 Å². The van der Waals surface area contributed by atoms with Gasteiger partial charge in [-0.2, -0.15) is 0 Å². The molecule has 0 aliphatic carbocycles. The Bertz CT molecular complexity index is 751. The molecule has 0 radical (unpaired) electrons. The van der Waals surface area contributed by atoms with Crippen molar-refractivity contribution in [3.8, 4) is 0 Å². The molecule has 2 fully saturated rings. The third-order valence-electron chi connectivity index (χ3n) is 6.00. The largest absolute Gasteiger partial charge is 0.342 e. The number of rotatable bonds is 4. The van der Waals surface area contributed by atoms with Crippen LogP contribution in [0.5, 0.6) is 0 Å². The second-order valence-corrected chi connectivity index (χ2v) is 7.97. The molecule has 4 heterocycles. The molecule has 0 unspecified atom stereocenters. The molecule has 0 spiro atoms. The van der Waals surface area contributed by atoms with Gasteiger partial charge in [-0.1, -0.05) is 0 Å². The highest BCUT2D eigenvalue weighted by Gasteiger charge is 2.31. The molecule has 6 heteroatoms. The summed E-state index contributed by atoms with van der Waals surface area (Å²) in [6.07, 6.45) is 11.8. The summed E-state index contributed by atoms with van der Waals surface area (Å²) in [6, 6.07) is 4.10. The highest BCUT2D eigenvalue weighted by molar-refractivity contribution is 5.79. The van der Waals surface area contributed by atoms with Crippen LogP contribution in [0.25, 0.3) is 0 Å². The lowest BCUT2D eigenvalue weighted by molar-refractivity contribution is -0.138. The van der Waals surface area contributed by atoms with E-state index in [2.05, 4.69) is 37.6 Å². The van der Waals surface area contributed by atoms with E-state index in [9.17, 15) is 4.79 Å². The van der Waals surface area contributed by atoms with Gasteiger partial charge in [0.15, 0.2) is 0 Å². The number of hydrogen-bond acceptors (Lipinski definition) is 4. The molecule has 0 saturated carbocycles. The molecular formula is C21H29N5O. The predicted molar refractivity (Wildman–Crippen MR) is 104 cm³/mol. The molecular weight excluding hydrogens is 338 g/mol. The van der Waals surface area contributed by atoms with Crippen molar-refractivity contribution in [1.82, 2.24) is 24.3 Å². The van der Waals surface area contributed by atoms with Crippen LogP contribution < -0.4 is 0 Å². The third-order valence-corrected chi connectivity index (χ3v) is 6.00. The fourth-order valence-electron chi connectivity index (χ4n) is 4.48. The fraction of sp³-hybridized carbons (Fsp3) is 0.571. The Kier molecular flexibility index (Phi) is 5.53. The first-order valence-corrected chi connectivity index (χ1v) is 10.1. The van der Waals surface area contributed by atoms with Crippen LogP contribution in [-0.2, 0) is 11.3 Å². The number of carbonyl (C=O) groups excluding carboxylic acids is 1. The zero-order valence-corrected chi connectivity index (χ0v) is 16.1. The quantitative estimate of drug-likeness (QED) is 0.833. The molecule has 4 rings (SSSR count). The van der Waals surface area contributed by atoms with Crippen molar-refractivity contribution >= 4 is 5.91 Å². The van der Waals surface area contributed by atoms with Gasteiger partial charge in [-0.3, -0.25) is 9.78 Å². The number of carbonyl (C=O) groups is 1. The zero-order valence-electron chi connectivity index (χ0n) is 16.1. The van der Waals surface area contributed by atoms with E-state index < -0.39 is 0 Å². The van der Waals surface area contributed by atoms with E-state index in [0.717, 1.165) is 64.2 Å². The van der Waals surface area contributed by atoms with Gasteiger partial charge in [0.05, 0.1) is 5.92 Å². The van der Waals surface area contributed by atoms with Crippen molar-refractivity contribution in [2.75, 3.05) is 33.2 Å². The lowest BCUT2D eigenvalue weighted by atomic mass is 9.92. The number of imidazole rings is 1. The Morgan fingerprint density at radius 2 is 1.89 bits per heavy atom. The normalized spacial score (nSPS) is 22.1. The molecule has 2 aromatic heterocycles. The van der Waals surface area contributed by atoms with Gasteiger partial charge in [-0.25, -0.2) is 4.98 Å². The van der Waals surface area contributed by atoms with Crippen molar-refractivity contribution in [2.24, 2.45) is 5.92 Å². The molecule has 6 nitrogen and oxygen atoms in total. The molecule has 144 valence electrons. The van der Waals surface area contributed by atoms with Gasteiger partial charge in [0.2, 0.25) is 5.91 Å². The van der Waals surface area contributed by atoms with E-state index in [1.54, 1.807) is 0 Å². The van der Waals surface area contributed by atoms with Gasteiger partial charge in [-0.05, 0) is 57.0 Å². The molecule has 1 atom stereocenters. The molecule has 0 aromatic carbocycles. The standard InChI is InChI=1S/C21H29N5O/c1-24-11-2-3-19(16-24)21(27)25-12-6-18(7-13-25)20-23-10-14-26(20)15-17-4-8-22-9-5-17/h4-5,8-10,14,18-19H,2-3,6-7,11-13,15-16H2,1H3/t19-/m0/s1. The summed E-state index contributed by atoms with van der Waals surface area (Å²) in [7, 11) is 2.12. The minimum atomic E-state index is 0.189. The number of aromatic nitrogens is 3. The second-order valence-electron chi connectivity index (χ2n) is 7.97. The van der Waals surface area contributed by atoms with Crippen LogP contribution >= 0.6 is 0 Å². The van der Waals surface area contributed by atoms with Crippen LogP contribution in [0, 0.1) is 5.92 Å². The van der Waals surface area contributed by atoms with Crippen molar-refractivity contribution in [2.45, 2.75) is 38.1 Å². The Labute approximate surface area is 161 Å². The van der Waals surface area contributed by atoms with Crippen molar-refractivity contribution < 1.29 is 4.79 Å². The topological polar surface area (TPSA) is 54.3 Å². The monoisotopic (exact) mass is 367 g/mol. The third kappa shape index (κ3) is 4.21. The Morgan fingerprint density at radius 1 is 1.11 bits per heavy atom. The average Bonchev–Trinajstić information content (AvgIpc) is 3.16. The van der Waals surface area contributed by atoms with Gasteiger partial charge in [-0.15, -0.1) is 0 Å². The molecule has 2 aliphatic rings. The van der Waals surface area contributed by atoms with Crippen LogP contribution in [0.3, 0.4) is 0 Å². The van der Waals surface area contributed by atoms with Gasteiger partial charge in [0.25, 0.3) is 0 Å². The maximum absolute atomic E-state index is 12.9. The first-order valence-electron chi connectivity index (χ1n) is 10.1. The smallest absolute Gasteiger partial charge is 0.226 e. The number of amides is 1. The second kappa shape index (κ2) is 8.21. The minimum Gasteiger partial charge on any atom is -0.342 e. The average molecular weight is 367 g/mol. The zero-order chi connectivity index (χ0) is 18.6. The summed E-state index contributed by atoms with van der Waals surface area (Å²) in [4.78, 5) is 26.0. The summed E-state index contributed by atoms with van der Waals surface area (Å²) in [6.45, 7) is 4.56. The number of pyridine rings is 1. The number of nitrogens with zero attached hydrogens (tertiary/aromatic N) is 5. The number of likely N-dealkylation sites (tertiary alicyclic amines) is 2. The van der Waals surface area contributed by atoms with Gasteiger partial charge in [0.1, 0.15) is 5.82 Å². The molecule has 2 saturated heterocycles. The SMILES string of the molecule is CN1CCC[C@H](C(=O)N2CCC(c3nccn3Cc3ccncc3)CC2)C1. The molecule has 2 aliphatic heterocycles. The first-order chi connectivity index (χ1) is 13.2. The number of hydrogen-bond donors (Lipinski definition) is 0.